The van der Waals surface area contributed by atoms with Gasteiger partial charge in [0.2, 0.25) is 0 Å². The molecule has 0 aromatic heterocycles. The number of halogens is 1. The summed E-state index contributed by atoms with van der Waals surface area (Å²) in [5, 5.41) is 0. The van der Waals surface area contributed by atoms with Crippen LogP contribution in [0.25, 0.3) is 0 Å². The van der Waals surface area contributed by atoms with Crippen molar-refractivity contribution in [1.82, 2.24) is 4.90 Å². The van der Waals surface area contributed by atoms with Crippen molar-refractivity contribution in [2.75, 3.05) is 20.6 Å². The predicted molar refractivity (Wildman–Crippen MR) is 51.9 cm³/mol. The van der Waals surface area contributed by atoms with Crippen LogP contribution in [-0.2, 0) is 0 Å². The molecule has 0 aromatic carbocycles. The number of allylic oxidation sites excluding steroid dienone is 1. The Morgan fingerprint density at radius 3 is 1.60 bits per heavy atom. The lowest BCUT2D eigenvalue weighted by Crippen LogP contribution is -2.09. The molecule has 0 N–H and O–H groups in total. The van der Waals surface area contributed by atoms with Crippen molar-refractivity contribution in [3.63, 3.8) is 0 Å². The standard InChI is InChI=1S/C5H11N.C3H6.ClH/c1-4-5-6(2)3;1-3-2;/h4H,1,5H2,2-3H3;3H,1H2,2H3;1H. The highest BCUT2D eigenvalue weighted by molar-refractivity contribution is 5.85. The van der Waals surface area contributed by atoms with Crippen LogP contribution in [0.15, 0.2) is 25.3 Å². The summed E-state index contributed by atoms with van der Waals surface area (Å²) >= 11 is 0. The predicted octanol–water partition coefficient (Wildman–Crippen LogP) is 2.35. The Labute approximate surface area is 70.8 Å². The lowest BCUT2D eigenvalue weighted by atomic mass is 10.6. The lowest BCUT2D eigenvalue weighted by molar-refractivity contribution is 0.457. The fourth-order valence-corrected chi connectivity index (χ4v) is 0.258. The first-order valence-corrected chi connectivity index (χ1v) is 3.01. The quantitative estimate of drug-likeness (QED) is 0.565. The normalized spacial score (nSPS) is 6.80. The van der Waals surface area contributed by atoms with Crippen molar-refractivity contribution in [2.45, 2.75) is 6.92 Å². The van der Waals surface area contributed by atoms with E-state index in [4.69, 9.17) is 0 Å². The molecule has 0 radical (unpaired) electrons. The van der Waals surface area contributed by atoms with Crippen LogP contribution in [0.4, 0.5) is 0 Å². The van der Waals surface area contributed by atoms with Crippen molar-refractivity contribution in [3.05, 3.63) is 25.3 Å². The van der Waals surface area contributed by atoms with E-state index >= 15 is 0 Å². The van der Waals surface area contributed by atoms with Gasteiger partial charge in [-0.3, -0.25) is 0 Å². The number of hydrogen-bond acceptors (Lipinski definition) is 1. The average Bonchev–Trinajstić information content (AvgIpc) is 1.67. The third kappa shape index (κ3) is 47.0. The summed E-state index contributed by atoms with van der Waals surface area (Å²) in [7, 11) is 4.03. The molecule has 0 aliphatic heterocycles. The summed E-state index contributed by atoms with van der Waals surface area (Å²) in [4.78, 5) is 2.06. The van der Waals surface area contributed by atoms with Crippen LogP contribution in [0.2, 0.25) is 0 Å². The minimum absolute atomic E-state index is 0. The molecule has 0 bridgehead atoms. The van der Waals surface area contributed by atoms with E-state index in [1.165, 1.54) is 0 Å². The molecule has 0 saturated heterocycles. The molecule has 0 aromatic rings. The van der Waals surface area contributed by atoms with E-state index in [9.17, 15) is 0 Å². The van der Waals surface area contributed by atoms with Gasteiger partial charge in [-0.25, -0.2) is 0 Å². The molecular formula is C8H18ClN. The Morgan fingerprint density at radius 2 is 1.60 bits per heavy atom. The summed E-state index contributed by atoms with van der Waals surface area (Å²) in [5.41, 5.74) is 0. The lowest BCUT2D eigenvalue weighted by Gasteiger charge is -2.01. The highest BCUT2D eigenvalue weighted by atomic mass is 35.5. The Bertz CT molecular complexity index is 69.7. The first-order valence-electron chi connectivity index (χ1n) is 3.01. The largest absolute Gasteiger partial charge is 0.306 e. The maximum Gasteiger partial charge on any atom is 0.0154 e. The fourth-order valence-electron chi connectivity index (χ4n) is 0.258. The third-order valence-electron chi connectivity index (χ3n) is 0.494. The first kappa shape index (κ1) is 16.4. The van der Waals surface area contributed by atoms with Gasteiger partial charge in [-0.05, 0) is 21.0 Å². The first-order chi connectivity index (χ1) is 4.18. The minimum atomic E-state index is 0. The third-order valence-corrected chi connectivity index (χ3v) is 0.494. The van der Waals surface area contributed by atoms with Gasteiger partial charge in [0, 0.05) is 6.54 Å². The van der Waals surface area contributed by atoms with Crippen molar-refractivity contribution in [2.24, 2.45) is 0 Å². The van der Waals surface area contributed by atoms with E-state index in [0.717, 1.165) is 6.54 Å². The highest BCUT2D eigenvalue weighted by Gasteiger charge is 1.75. The molecule has 0 aliphatic rings. The van der Waals surface area contributed by atoms with Crippen LogP contribution in [0.1, 0.15) is 6.92 Å². The van der Waals surface area contributed by atoms with E-state index in [2.05, 4.69) is 18.1 Å². The molecule has 0 amide bonds. The Balaban J connectivity index is -0.000000107. The molecule has 0 rings (SSSR count). The second kappa shape index (κ2) is 15.9. The second-order valence-electron chi connectivity index (χ2n) is 1.96. The molecule has 0 saturated carbocycles. The molecule has 0 fully saturated rings. The molecule has 0 heterocycles. The van der Waals surface area contributed by atoms with Crippen LogP contribution in [0.5, 0.6) is 0 Å². The van der Waals surface area contributed by atoms with E-state index in [0.29, 0.717) is 0 Å². The maximum atomic E-state index is 3.56. The topological polar surface area (TPSA) is 3.24 Å². The summed E-state index contributed by atoms with van der Waals surface area (Å²) < 4.78 is 0. The summed E-state index contributed by atoms with van der Waals surface area (Å²) in [6.07, 6.45) is 3.62. The zero-order valence-electron chi connectivity index (χ0n) is 7.13. The van der Waals surface area contributed by atoms with Crippen LogP contribution >= 0.6 is 12.4 Å². The van der Waals surface area contributed by atoms with Gasteiger partial charge in [0.1, 0.15) is 0 Å². The van der Waals surface area contributed by atoms with E-state index in [-0.39, 0.29) is 12.4 Å². The molecule has 0 aliphatic carbocycles. The SMILES string of the molecule is C=CC.C=CCN(C)C.Cl. The Kier molecular flexibility index (Phi) is 26.0. The summed E-state index contributed by atoms with van der Waals surface area (Å²) in [5.74, 6) is 0. The molecule has 0 atom stereocenters. The monoisotopic (exact) mass is 163 g/mol. The van der Waals surface area contributed by atoms with Gasteiger partial charge in [-0.2, -0.15) is 0 Å². The van der Waals surface area contributed by atoms with Gasteiger partial charge in [0.25, 0.3) is 0 Å². The molecule has 1 nitrogen and oxygen atoms in total. The summed E-state index contributed by atoms with van der Waals surface area (Å²) in [6.45, 7) is 9.78. The number of hydrogen-bond donors (Lipinski definition) is 0. The second-order valence-corrected chi connectivity index (χ2v) is 1.96. The minimum Gasteiger partial charge on any atom is -0.306 e. The van der Waals surface area contributed by atoms with Gasteiger partial charge >= 0.3 is 0 Å². The molecule has 10 heavy (non-hydrogen) atoms. The number of likely N-dealkylation sites (N-methyl/N-ethyl adjacent to an activating group) is 1. The number of rotatable bonds is 2. The van der Waals surface area contributed by atoms with Gasteiger partial charge in [-0.15, -0.1) is 25.6 Å². The zero-order chi connectivity index (χ0) is 7.70. The van der Waals surface area contributed by atoms with E-state index in [1.807, 2.05) is 27.1 Å². The Morgan fingerprint density at radius 1 is 1.30 bits per heavy atom. The zero-order valence-corrected chi connectivity index (χ0v) is 7.95. The van der Waals surface area contributed by atoms with E-state index in [1.54, 1.807) is 6.08 Å². The fraction of sp³-hybridized carbons (Fsp3) is 0.500. The van der Waals surface area contributed by atoms with Gasteiger partial charge in [0.05, 0.1) is 0 Å². The van der Waals surface area contributed by atoms with Crippen molar-refractivity contribution < 1.29 is 0 Å². The van der Waals surface area contributed by atoms with Gasteiger partial charge < -0.3 is 4.90 Å². The number of nitrogens with zero attached hydrogens (tertiary/aromatic N) is 1. The van der Waals surface area contributed by atoms with Crippen molar-refractivity contribution in [1.29, 1.82) is 0 Å². The average molecular weight is 164 g/mol. The van der Waals surface area contributed by atoms with Crippen molar-refractivity contribution >= 4 is 12.4 Å². The molecular weight excluding hydrogens is 146 g/mol. The van der Waals surface area contributed by atoms with Crippen LogP contribution < -0.4 is 0 Å². The van der Waals surface area contributed by atoms with Crippen LogP contribution in [0, 0.1) is 0 Å². The molecule has 0 unspecified atom stereocenters. The van der Waals surface area contributed by atoms with Gasteiger partial charge in [-0.1, -0.05) is 12.2 Å². The molecule has 0 spiro atoms. The van der Waals surface area contributed by atoms with Crippen LogP contribution in [-0.4, -0.2) is 25.5 Å². The maximum absolute atomic E-state index is 3.56. The van der Waals surface area contributed by atoms with Crippen molar-refractivity contribution in [3.8, 4) is 0 Å². The smallest absolute Gasteiger partial charge is 0.0154 e. The van der Waals surface area contributed by atoms with Crippen LogP contribution in [0.3, 0.4) is 0 Å². The highest BCUT2D eigenvalue weighted by Crippen LogP contribution is 1.69. The molecule has 2 heteroatoms. The summed E-state index contributed by atoms with van der Waals surface area (Å²) in [6, 6.07) is 0. The van der Waals surface area contributed by atoms with Gasteiger partial charge in [0.15, 0.2) is 0 Å². The van der Waals surface area contributed by atoms with E-state index < -0.39 is 0 Å². The Hall–Kier alpha value is -0.270. The molecule has 62 valence electrons.